The number of amides is 2. The number of hydrogen-bond donors (Lipinski definition) is 1. The van der Waals surface area contributed by atoms with Crippen molar-refractivity contribution in [3.8, 4) is 0 Å². The molecule has 2 aromatic carbocycles. The van der Waals surface area contributed by atoms with E-state index in [1.54, 1.807) is 12.4 Å². The summed E-state index contributed by atoms with van der Waals surface area (Å²) in [6, 6.07) is 9.91. The molecule has 6 rings (SSSR count). The summed E-state index contributed by atoms with van der Waals surface area (Å²) in [5.41, 5.74) is 1.63. The number of ether oxygens (including phenoxy) is 2. The molecule has 13 heteroatoms. The summed E-state index contributed by atoms with van der Waals surface area (Å²) in [5.74, 6) is -1.48. The zero-order chi connectivity index (χ0) is 33.3. The number of benzene rings is 2. The summed E-state index contributed by atoms with van der Waals surface area (Å²) in [6.45, 7) is 4.26. The van der Waals surface area contributed by atoms with Gasteiger partial charge in [0.2, 0.25) is 0 Å². The second-order valence-corrected chi connectivity index (χ2v) is 13.6. The third-order valence-corrected chi connectivity index (χ3v) is 10.7. The van der Waals surface area contributed by atoms with Crippen molar-refractivity contribution in [3.05, 3.63) is 80.6 Å². The Labute approximate surface area is 281 Å². The highest BCUT2D eigenvalue weighted by atomic mass is 35.5. The van der Waals surface area contributed by atoms with E-state index in [0.29, 0.717) is 38.2 Å². The van der Waals surface area contributed by atoms with Gasteiger partial charge in [-0.25, -0.2) is 14.2 Å². The summed E-state index contributed by atoms with van der Waals surface area (Å²) in [4.78, 5) is 45.0. The van der Waals surface area contributed by atoms with Crippen LogP contribution in [0.2, 0.25) is 5.02 Å². The predicted octanol–water partition coefficient (Wildman–Crippen LogP) is 5.84. The molecule has 248 valence electrons. The van der Waals surface area contributed by atoms with Crippen molar-refractivity contribution < 1.29 is 32.8 Å². The van der Waals surface area contributed by atoms with Gasteiger partial charge in [-0.05, 0) is 31.5 Å². The van der Waals surface area contributed by atoms with Gasteiger partial charge in [-0.2, -0.15) is 4.59 Å². The molecule has 0 aliphatic carbocycles. The van der Waals surface area contributed by atoms with Crippen molar-refractivity contribution in [1.29, 1.82) is 0 Å². The van der Waals surface area contributed by atoms with Crippen molar-refractivity contribution in [2.45, 2.75) is 51.2 Å². The summed E-state index contributed by atoms with van der Waals surface area (Å²) in [6.07, 6.45) is 5.63. The molecular weight excluding hydrogens is 645 g/mol. The molecule has 2 saturated heterocycles. The van der Waals surface area contributed by atoms with Crippen LogP contribution >= 0.6 is 22.9 Å². The van der Waals surface area contributed by atoms with E-state index in [1.807, 2.05) is 42.8 Å². The van der Waals surface area contributed by atoms with E-state index >= 15 is 4.39 Å². The van der Waals surface area contributed by atoms with Gasteiger partial charge in [-0.1, -0.05) is 29.8 Å². The first-order chi connectivity index (χ1) is 22.6. The highest BCUT2D eigenvalue weighted by Gasteiger charge is 2.58. The molecule has 2 amide bonds. The lowest BCUT2D eigenvalue weighted by Crippen LogP contribution is -2.71. The zero-order valence-electron chi connectivity index (χ0n) is 26.6. The fourth-order valence-electron chi connectivity index (χ4n) is 6.80. The van der Waals surface area contributed by atoms with Gasteiger partial charge >= 0.3 is 11.9 Å². The van der Waals surface area contributed by atoms with Gasteiger partial charge in [0.05, 0.1) is 55.4 Å². The summed E-state index contributed by atoms with van der Waals surface area (Å²) >= 11 is 8.11. The molecule has 4 aromatic rings. The Balaban J connectivity index is 1.24. The second kappa shape index (κ2) is 13.8. The first-order valence-corrected chi connectivity index (χ1v) is 17.0. The lowest BCUT2D eigenvalue weighted by atomic mass is 10.1. The fraction of sp³-hybridized carbons (Fsp3) is 0.412. The number of nitrogens with zero attached hydrogens (tertiary/aromatic N) is 4. The van der Waals surface area contributed by atoms with Gasteiger partial charge in [0, 0.05) is 60.2 Å². The molecule has 0 saturated carbocycles. The fourth-order valence-corrected chi connectivity index (χ4v) is 8.14. The molecule has 2 atom stereocenters. The van der Waals surface area contributed by atoms with Gasteiger partial charge < -0.3 is 19.4 Å². The SMILES string of the molecule is CCOC1CN([N+]2(C(=O)Cc3cc(Cl)c(NC(=O)c4cn(C)c5ccccc45)cc3F)CCC[C@H]2c2ncc(CCC(=O)OC)s2)C1. The van der Waals surface area contributed by atoms with Crippen LogP contribution in [-0.4, -0.2) is 76.4 Å². The number of fused-ring (bicyclic) bond motifs is 1. The molecular formula is C34H38ClFN5O5S+. The van der Waals surface area contributed by atoms with E-state index in [1.165, 1.54) is 30.6 Å². The Kier molecular flexibility index (Phi) is 9.77. The van der Waals surface area contributed by atoms with Gasteiger partial charge in [0.25, 0.3) is 5.91 Å². The number of methoxy groups -OCH3 is 1. The molecule has 0 bridgehead atoms. The second-order valence-electron chi connectivity index (χ2n) is 12.0. The van der Waals surface area contributed by atoms with E-state index in [9.17, 15) is 14.4 Å². The quantitative estimate of drug-likeness (QED) is 0.157. The Hall–Kier alpha value is -3.68. The third-order valence-electron chi connectivity index (χ3n) is 9.19. The number of esters is 1. The Bertz CT molecular complexity index is 1820. The van der Waals surface area contributed by atoms with E-state index in [2.05, 4.69) is 10.3 Å². The number of rotatable bonds is 11. The summed E-state index contributed by atoms with van der Waals surface area (Å²) < 4.78 is 28.2. The van der Waals surface area contributed by atoms with Crippen molar-refractivity contribution in [3.63, 3.8) is 0 Å². The maximum Gasteiger partial charge on any atom is 0.338 e. The maximum absolute atomic E-state index is 15.7. The molecule has 2 aliphatic heterocycles. The minimum absolute atomic E-state index is 0.0202. The Morgan fingerprint density at radius 3 is 2.77 bits per heavy atom. The number of likely N-dealkylation sites (tertiary alicyclic amines) is 1. The molecule has 1 N–H and O–H groups in total. The van der Waals surface area contributed by atoms with Crippen molar-refractivity contribution in [1.82, 2.24) is 14.6 Å². The van der Waals surface area contributed by atoms with Crippen LogP contribution in [0.4, 0.5) is 10.1 Å². The minimum atomic E-state index is -0.625. The van der Waals surface area contributed by atoms with Crippen LogP contribution in [0.3, 0.4) is 0 Å². The standard InChI is InChI=1S/C34H37ClFN5O5S/c1-4-46-22-18-40(19-22)41(13-7-10-30(41)34-37-17-23(47-34)11-12-32(43)45-3)31(42)15-21-14-26(35)28(16-27(21)36)38-33(44)25-20-39(2)29-9-6-5-8-24(25)29/h5-6,8-9,14,16-17,20,22,30H,4,7,10-13,15,18-19H2,1-3H3/p+1/t30-,41?/m0/s1. The zero-order valence-corrected chi connectivity index (χ0v) is 28.2. The van der Waals surface area contributed by atoms with Crippen LogP contribution in [0.1, 0.15) is 58.0 Å². The first-order valence-electron chi connectivity index (χ1n) is 15.8. The maximum atomic E-state index is 15.7. The van der Waals surface area contributed by atoms with E-state index < -0.39 is 11.7 Å². The number of halogens is 2. The van der Waals surface area contributed by atoms with Crippen molar-refractivity contribution >= 4 is 57.3 Å². The lowest BCUT2D eigenvalue weighted by Gasteiger charge is -2.51. The molecule has 1 unspecified atom stereocenters. The largest absolute Gasteiger partial charge is 0.469 e. The molecule has 2 fully saturated rings. The summed E-state index contributed by atoms with van der Waals surface area (Å²) in [5, 5.41) is 6.60. The average Bonchev–Trinajstić information content (AvgIpc) is 3.78. The van der Waals surface area contributed by atoms with E-state index in [0.717, 1.165) is 33.6 Å². The normalized spacial score (nSPS) is 20.0. The Morgan fingerprint density at radius 1 is 1.21 bits per heavy atom. The van der Waals surface area contributed by atoms with Gasteiger partial charge in [0.15, 0.2) is 11.0 Å². The average molecular weight is 683 g/mol. The predicted molar refractivity (Wildman–Crippen MR) is 178 cm³/mol. The van der Waals surface area contributed by atoms with Crippen LogP contribution < -0.4 is 5.32 Å². The summed E-state index contributed by atoms with van der Waals surface area (Å²) in [7, 11) is 3.22. The minimum Gasteiger partial charge on any atom is -0.469 e. The van der Waals surface area contributed by atoms with E-state index in [-0.39, 0.29) is 57.7 Å². The van der Waals surface area contributed by atoms with Crippen LogP contribution in [0.25, 0.3) is 10.9 Å². The Morgan fingerprint density at radius 2 is 2.00 bits per heavy atom. The van der Waals surface area contributed by atoms with Gasteiger partial charge in [-0.15, -0.1) is 16.3 Å². The highest BCUT2D eigenvalue weighted by Crippen LogP contribution is 2.45. The first kappa shape index (κ1) is 33.2. The topological polar surface area (TPSA) is 103 Å². The molecule has 0 spiro atoms. The molecule has 10 nitrogen and oxygen atoms in total. The monoisotopic (exact) mass is 682 g/mol. The number of aromatic nitrogens is 2. The van der Waals surface area contributed by atoms with Crippen LogP contribution in [0, 0.1) is 5.82 Å². The molecule has 2 aliphatic rings. The number of nitrogens with one attached hydrogen (secondary N) is 1. The number of carbonyl (C=O) groups excluding carboxylic acids is 3. The molecule has 0 radical (unpaired) electrons. The van der Waals surface area contributed by atoms with Crippen molar-refractivity contribution in [2.24, 2.45) is 7.05 Å². The number of hydrogen-bond acceptors (Lipinski definition) is 8. The third kappa shape index (κ3) is 6.44. The number of carbonyl (C=O) groups is 3. The molecule has 4 heterocycles. The number of para-hydroxylation sites is 1. The molecule has 47 heavy (non-hydrogen) atoms. The van der Waals surface area contributed by atoms with Gasteiger partial charge in [0.1, 0.15) is 12.4 Å². The van der Waals surface area contributed by atoms with Crippen LogP contribution in [-0.2, 0) is 39.0 Å². The smallest absolute Gasteiger partial charge is 0.338 e. The molecule has 2 aromatic heterocycles. The number of quaternary nitrogens is 1. The number of thiazole rings is 1. The van der Waals surface area contributed by atoms with Crippen LogP contribution in [0.15, 0.2) is 48.8 Å². The van der Waals surface area contributed by atoms with Crippen LogP contribution in [0.5, 0.6) is 0 Å². The number of anilines is 1. The lowest BCUT2D eigenvalue weighted by molar-refractivity contribution is -0.993. The highest BCUT2D eigenvalue weighted by molar-refractivity contribution is 7.11. The van der Waals surface area contributed by atoms with Crippen molar-refractivity contribution in [2.75, 3.05) is 38.7 Å². The van der Waals surface area contributed by atoms with E-state index in [4.69, 9.17) is 26.1 Å². The number of aryl methyl sites for hydroxylation is 2. The van der Waals surface area contributed by atoms with Gasteiger partial charge in [-0.3, -0.25) is 9.59 Å².